The van der Waals surface area contributed by atoms with E-state index in [2.05, 4.69) is 66.1 Å². The molecule has 2 saturated heterocycles. The average Bonchev–Trinajstić information content (AvgIpc) is 1.67. The smallest absolute Gasteiger partial charge is 0.318 e. The van der Waals surface area contributed by atoms with E-state index in [-0.39, 0.29) is 48.9 Å². The van der Waals surface area contributed by atoms with Crippen molar-refractivity contribution in [2.75, 3.05) is 144 Å². The van der Waals surface area contributed by atoms with Crippen LogP contribution in [0.25, 0.3) is 10.8 Å². The summed E-state index contributed by atoms with van der Waals surface area (Å²) < 4.78 is 49.4. The number of nitrogens with one attached hydrogen (secondary N) is 2. The first-order valence-electron chi connectivity index (χ1n) is 30.4. The van der Waals surface area contributed by atoms with Gasteiger partial charge in [0.05, 0.1) is 108 Å². The molecule has 0 bridgehead atoms. The van der Waals surface area contributed by atoms with Gasteiger partial charge in [-0.05, 0) is 80.8 Å². The fourth-order valence-electron chi connectivity index (χ4n) is 12.5. The number of carbonyl (C=O) groups excluding carboxylic acids is 3. The van der Waals surface area contributed by atoms with Gasteiger partial charge in [-0.2, -0.15) is 20.2 Å². The normalized spacial score (nSPS) is 18.9. The molecule has 5 aromatic rings. The summed E-state index contributed by atoms with van der Waals surface area (Å²) in [4.78, 5) is 70.7. The number of fused-ring (bicyclic) bond motifs is 3. The van der Waals surface area contributed by atoms with Gasteiger partial charge in [0.2, 0.25) is 11.9 Å². The number of rotatable bonds is 28. The number of aromatic nitrogens is 4. The number of hydrogen-bond donors (Lipinski definition) is 2. The zero-order valence-electron chi connectivity index (χ0n) is 50.0. The van der Waals surface area contributed by atoms with E-state index in [4.69, 9.17) is 55.0 Å². The third-order valence-corrected chi connectivity index (χ3v) is 17.3. The highest BCUT2D eigenvalue weighted by Gasteiger charge is 2.42. The maximum atomic E-state index is 14.1. The SMILES string of the molecule is C=C(F)C(=O)N1CCN(c2nc(OC[C@@H]3CCCN3CCOCCOCCOCCOCCNC(=O)c3ccc(Nc4ncc5c(n4)N(C4CCCC4)[C@H](CC)C(=O)N5C)c(OC)c3)nc3c2CCN(c2cccc4cccc(Cl)c24)C3)C[C@@H]1CC#N. The Morgan fingerprint density at radius 3 is 2.33 bits per heavy atom. The van der Waals surface area contributed by atoms with Gasteiger partial charge in [0.25, 0.3) is 11.8 Å². The summed E-state index contributed by atoms with van der Waals surface area (Å²) in [6.45, 7) is 12.9. The third-order valence-electron chi connectivity index (χ3n) is 17.0. The number of carbonyl (C=O) groups is 3. The van der Waals surface area contributed by atoms with Crippen LogP contribution in [-0.4, -0.2) is 191 Å². The number of likely N-dealkylation sites (tertiary alicyclic amines) is 1. The van der Waals surface area contributed by atoms with E-state index in [1.807, 2.05) is 25.1 Å². The van der Waals surface area contributed by atoms with Gasteiger partial charge in [0.15, 0.2) is 11.6 Å². The van der Waals surface area contributed by atoms with Gasteiger partial charge >= 0.3 is 6.01 Å². The fraction of sp³-hybridized carbons (Fsp3) is 0.524. The van der Waals surface area contributed by atoms with Crippen molar-refractivity contribution < 1.29 is 47.2 Å². The van der Waals surface area contributed by atoms with Gasteiger partial charge in [-0.1, -0.05) is 62.2 Å². The van der Waals surface area contributed by atoms with E-state index < -0.39 is 17.8 Å². The van der Waals surface area contributed by atoms with Crippen molar-refractivity contribution in [1.82, 2.24) is 35.1 Å². The first kappa shape index (κ1) is 62.6. The molecule has 22 nitrogen and oxygen atoms in total. The minimum atomic E-state index is -1.05. The molecule has 3 fully saturated rings. The highest BCUT2D eigenvalue weighted by Crippen LogP contribution is 2.42. The molecule has 3 atom stereocenters. The van der Waals surface area contributed by atoms with E-state index in [9.17, 15) is 24.0 Å². The predicted molar refractivity (Wildman–Crippen MR) is 330 cm³/mol. The summed E-state index contributed by atoms with van der Waals surface area (Å²) in [5.41, 5.74) is 4.53. The van der Waals surface area contributed by atoms with Crippen molar-refractivity contribution in [1.29, 1.82) is 5.26 Å². The largest absolute Gasteiger partial charge is 0.495 e. The van der Waals surface area contributed by atoms with Crippen LogP contribution in [0.2, 0.25) is 5.02 Å². The molecule has 4 aliphatic heterocycles. The number of likely N-dealkylation sites (N-methyl/N-ethyl adjacent to an activating group) is 1. The Bertz CT molecular complexity index is 3270. The number of nitrogens with zero attached hydrogens (tertiary/aromatic N) is 11. The summed E-state index contributed by atoms with van der Waals surface area (Å²) in [5, 5.41) is 18.6. The van der Waals surface area contributed by atoms with Gasteiger partial charge in [-0.15, -0.1) is 0 Å². The van der Waals surface area contributed by atoms with Crippen LogP contribution in [0.15, 0.2) is 73.2 Å². The number of hydrogen-bond acceptors (Lipinski definition) is 19. The van der Waals surface area contributed by atoms with E-state index >= 15 is 0 Å². The molecule has 3 amide bonds. The molecular weight excluding hydrogens is 1140 g/mol. The number of benzene rings is 3. The summed E-state index contributed by atoms with van der Waals surface area (Å²) in [6.07, 6.45) is 9.33. The molecule has 5 aliphatic rings. The molecule has 0 spiro atoms. The lowest BCUT2D eigenvalue weighted by Gasteiger charge is -2.43. The molecule has 1 aliphatic carbocycles. The molecule has 6 heterocycles. The first-order valence-corrected chi connectivity index (χ1v) is 30.8. The van der Waals surface area contributed by atoms with Crippen molar-refractivity contribution in [3.05, 3.63) is 95.0 Å². The second-order valence-corrected chi connectivity index (χ2v) is 22.8. The Labute approximate surface area is 512 Å². The van der Waals surface area contributed by atoms with Gasteiger partial charge in [0.1, 0.15) is 29.9 Å². The zero-order chi connectivity index (χ0) is 60.8. The van der Waals surface area contributed by atoms with Crippen molar-refractivity contribution in [3.63, 3.8) is 0 Å². The zero-order valence-corrected chi connectivity index (χ0v) is 50.8. The summed E-state index contributed by atoms with van der Waals surface area (Å²) >= 11 is 6.79. The molecule has 1 saturated carbocycles. The van der Waals surface area contributed by atoms with Crippen molar-refractivity contribution in [2.45, 2.75) is 95.4 Å². The van der Waals surface area contributed by atoms with Crippen LogP contribution < -0.4 is 39.7 Å². The van der Waals surface area contributed by atoms with Gasteiger partial charge in [-0.25, -0.2) is 9.37 Å². The Balaban J connectivity index is 0.616. The Morgan fingerprint density at radius 1 is 0.851 bits per heavy atom. The number of nitriles is 1. The number of piperazine rings is 1. The maximum absolute atomic E-state index is 14.1. The Hall–Kier alpha value is -7.46. The lowest BCUT2D eigenvalue weighted by molar-refractivity contribution is -0.131. The van der Waals surface area contributed by atoms with Gasteiger partial charge in [0, 0.05) is 80.6 Å². The van der Waals surface area contributed by atoms with E-state index in [0.29, 0.717) is 145 Å². The second kappa shape index (κ2) is 30.0. The molecule has 3 aromatic carbocycles. The van der Waals surface area contributed by atoms with Crippen LogP contribution in [-0.2, 0) is 41.5 Å². The fourth-order valence-corrected chi connectivity index (χ4v) is 12.8. The summed E-state index contributed by atoms with van der Waals surface area (Å²) in [7, 11) is 3.32. The monoisotopic (exact) mass is 1220 g/mol. The van der Waals surface area contributed by atoms with Crippen LogP contribution in [0, 0.1) is 11.3 Å². The van der Waals surface area contributed by atoms with Crippen molar-refractivity contribution in [3.8, 4) is 17.8 Å². The average molecular weight is 1220 g/mol. The summed E-state index contributed by atoms with van der Waals surface area (Å²) in [6, 6.07) is 19.2. The molecule has 2 N–H and O–H groups in total. The summed E-state index contributed by atoms with van der Waals surface area (Å²) in [5.74, 6) is 0.213. The third kappa shape index (κ3) is 14.9. The van der Waals surface area contributed by atoms with Crippen molar-refractivity contribution in [2.24, 2.45) is 0 Å². The number of halogens is 2. The number of amides is 3. The first-order chi connectivity index (χ1) is 42.4. The molecule has 10 rings (SSSR count). The van der Waals surface area contributed by atoms with Crippen LogP contribution in [0.5, 0.6) is 11.8 Å². The second-order valence-electron chi connectivity index (χ2n) is 22.4. The van der Waals surface area contributed by atoms with Crippen LogP contribution in [0.3, 0.4) is 0 Å². The van der Waals surface area contributed by atoms with Crippen molar-refractivity contribution >= 4 is 74.7 Å². The van der Waals surface area contributed by atoms with E-state index in [1.54, 1.807) is 43.5 Å². The van der Waals surface area contributed by atoms with Crippen LogP contribution in [0.1, 0.15) is 79.9 Å². The Morgan fingerprint density at radius 2 is 1.60 bits per heavy atom. The minimum Gasteiger partial charge on any atom is -0.495 e. The quantitative estimate of drug-likeness (QED) is 0.0362. The standard InChI is InChI=1S/C63H79ClFN13O9/c1-5-52-61(81)73(3)54-38-68-62(71-58(54)78(52)45-13-6-7-14-45)69-50-19-18-44(37-55(50)82-4)59(79)67-23-29-83-31-33-85-35-36-86-34-32-84-30-28-74-24-10-15-47(74)41-87-63-70-51-40-75(53-17-9-12-43-11-8-16-49(64)56(43)53)25-21-48(51)57(72-63)76-26-27-77(60(80)42(2)65)46(39-76)20-22-66/h8-9,11-12,16-19,37-38,45-47,52H,2,5-7,10,13-15,20-21,23-36,39-41H2,1,3-4H3,(H,67,79)(H,68,69,71)/t46-,47-,52+/m0/s1. The highest BCUT2D eigenvalue weighted by atomic mass is 35.5. The highest BCUT2D eigenvalue weighted by molar-refractivity contribution is 6.36. The molecule has 464 valence electrons. The molecule has 24 heteroatoms. The van der Waals surface area contributed by atoms with E-state index in [1.165, 1.54) is 4.90 Å². The lowest BCUT2D eigenvalue weighted by Crippen LogP contribution is -2.55. The molecule has 87 heavy (non-hydrogen) atoms. The number of methoxy groups -OCH3 is 1. The van der Waals surface area contributed by atoms with Crippen LogP contribution >= 0.6 is 11.6 Å². The van der Waals surface area contributed by atoms with Gasteiger partial charge < -0.3 is 63.6 Å². The lowest BCUT2D eigenvalue weighted by atomic mass is 10.0. The number of ether oxygens (including phenoxy) is 6. The molecular formula is C63H79ClFN13O9. The maximum Gasteiger partial charge on any atom is 0.318 e. The molecule has 2 aromatic heterocycles. The van der Waals surface area contributed by atoms with Crippen LogP contribution in [0.4, 0.5) is 39.0 Å². The van der Waals surface area contributed by atoms with E-state index in [0.717, 1.165) is 85.1 Å². The Kier molecular flexibility index (Phi) is 21.6. The predicted octanol–water partition coefficient (Wildman–Crippen LogP) is 7.65. The number of anilines is 6. The molecule has 0 unspecified atom stereocenters. The minimum absolute atomic E-state index is 0.0338. The molecule has 0 radical (unpaired) electrons. The van der Waals surface area contributed by atoms with Gasteiger partial charge in [-0.3, -0.25) is 19.3 Å². The topological polar surface area (TPSA) is 225 Å².